The second kappa shape index (κ2) is 5.55. The van der Waals surface area contributed by atoms with E-state index in [1.54, 1.807) is 0 Å². The molecule has 0 spiro atoms. The van der Waals surface area contributed by atoms with Crippen molar-refractivity contribution in [3.05, 3.63) is 28.8 Å². The van der Waals surface area contributed by atoms with Crippen molar-refractivity contribution >= 4 is 17.3 Å². The van der Waals surface area contributed by atoms with E-state index in [-0.39, 0.29) is 0 Å². The average Bonchev–Trinajstić information content (AvgIpc) is 2.29. The smallest absolute Gasteiger partial charge is 0.0426 e. The van der Waals surface area contributed by atoms with E-state index < -0.39 is 0 Å². The summed E-state index contributed by atoms with van der Waals surface area (Å²) in [6.07, 6.45) is 5.11. The van der Waals surface area contributed by atoms with Crippen molar-refractivity contribution in [2.45, 2.75) is 25.7 Å². The van der Waals surface area contributed by atoms with Crippen molar-refractivity contribution in [1.29, 1.82) is 0 Å². The number of anilines is 1. The van der Waals surface area contributed by atoms with E-state index in [1.165, 1.54) is 37.9 Å². The number of benzene rings is 1. The van der Waals surface area contributed by atoms with Gasteiger partial charge >= 0.3 is 0 Å². The highest BCUT2D eigenvalue weighted by molar-refractivity contribution is 6.30. The molecule has 1 saturated heterocycles. The minimum atomic E-state index is 0.722. The average molecular weight is 239 g/mol. The first kappa shape index (κ1) is 11.7. The molecule has 1 aromatic rings. The lowest BCUT2D eigenvalue weighted by Gasteiger charge is -2.26. The van der Waals surface area contributed by atoms with Crippen LogP contribution in [0.15, 0.2) is 18.2 Å². The van der Waals surface area contributed by atoms with Crippen molar-refractivity contribution in [3.63, 3.8) is 0 Å². The molecule has 0 aromatic heterocycles. The molecule has 0 radical (unpaired) electrons. The number of nitrogen functional groups attached to an aromatic ring is 1. The fourth-order valence-electron chi connectivity index (χ4n) is 2.26. The Hall–Kier alpha value is -0.730. The molecule has 2 nitrogen and oxygen atoms in total. The lowest BCUT2D eigenvalue weighted by molar-refractivity contribution is 0.231. The fraction of sp³-hybridized carbons (Fsp3) is 0.538. The van der Waals surface area contributed by atoms with E-state index in [9.17, 15) is 0 Å². The maximum atomic E-state index is 5.93. The summed E-state index contributed by atoms with van der Waals surface area (Å²) in [5.41, 5.74) is 7.98. The number of rotatable bonds is 3. The Labute approximate surface area is 102 Å². The molecule has 2 N–H and O–H groups in total. The number of piperidine rings is 1. The summed E-state index contributed by atoms with van der Waals surface area (Å²) in [5, 5.41) is 0.722. The third-order valence-corrected chi connectivity index (χ3v) is 3.49. The number of likely N-dealkylation sites (tertiary alicyclic amines) is 1. The number of halogens is 1. The molecule has 16 heavy (non-hydrogen) atoms. The minimum Gasteiger partial charge on any atom is -0.398 e. The van der Waals surface area contributed by atoms with Gasteiger partial charge in [0.25, 0.3) is 0 Å². The zero-order chi connectivity index (χ0) is 11.4. The van der Waals surface area contributed by atoms with Gasteiger partial charge in [-0.15, -0.1) is 0 Å². The topological polar surface area (TPSA) is 29.3 Å². The summed E-state index contributed by atoms with van der Waals surface area (Å²) in [6, 6.07) is 5.80. The van der Waals surface area contributed by atoms with Crippen LogP contribution in [0.3, 0.4) is 0 Å². The quantitative estimate of drug-likeness (QED) is 0.821. The molecule has 1 heterocycles. The molecular formula is C13H19ClN2. The standard InChI is InChI=1S/C13H19ClN2/c14-12-5-4-11(13(15)10-12)6-9-16-7-2-1-3-8-16/h4-5,10H,1-3,6-9,15H2. The Balaban J connectivity index is 1.88. The van der Waals surface area contributed by atoms with Crippen LogP contribution in [0.1, 0.15) is 24.8 Å². The molecule has 1 aliphatic rings. The van der Waals surface area contributed by atoms with Crippen LogP contribution in [0.5, 0.6) is 0 Å². The monoisotopic (exact) mass is 238 g/mol. The van der Waals surface area contributed by atoms with E-state index in [2.05, 4.69) is 4.90 Å². The summed E-state index contributed by atoms with van der Waals surface area (Å²) >= 11 is 5.88. The first-order chi connectivity index (χ1) is 7.75. The molecule has 1 aliphatic heterocycles. The van der Waals surface area contributed by atoms with Gasteiger partial charge in [0.1, 0.15) is 0 Å². The van der Waals surface area contributed by atoms with Gasteiger partial charge in [0, 0.05) is 17.3 Å². The van der Waals surface area contributed by atoms with E-state index in [0.717, 1.165) is 23.7 Å². The third-order valence-electron chi connectivity index (χ3n) is 3.25. The SMILES string of the molecule is Nc1cc(Cl)ccc1CCN1CCCCC1. The molecule has 0 atom stereocenters. The Bertz CT molecular complexity index is 346. The Morgan fingerprint density at radius 2 is 1.94 bits per heavy atom. The highest BCUT2D eigenvalue weighted by Crippen LogP contribution is 2.19. The maximum Gasteiger partial charge on any atom is 0.0426 e. The van der Waals surface area contributed by atoms with Crippen LogP contribution < -0.4 is 5.73 Å². The van der Waals surface area contributed by atoms with Crippen LogP contribution in [0.25, 0.3) is 0 Å². The van der Waals surface area contributed by atoms with Crippen molar-refractivity contribution in [1.82, 2.24) is 4.90 Å². The van der Waals surface area contributed by atoms with Crippen LogP contribution in [0, 0.1) is 0 Å². The van der Waals surface area contributed by atoms with E-state index in [4.69, 9.17) is 17.3 Å². The van der Waals surface area contributed by atoms with Crippen LogP contribution >= 0.6 is 11.6 Å². The molecule has 88 valence electrons. The summed E-state index contributed by atoms with van der Waals surface area (Å²) in [5.74, 6) is 0. The molecule has 1 aromatic carbocycles. The highest BCUT2D eigenvalue weighted by Gasteiger charge is 2.10. The maximum absolute atomic E-state index is 5.93. The predicted octanol–water partition coefficient (Wildman–Crippen LogP) is 2.95. The van der Waals surface area contributed by atoms with Gasteiger partial charge in [-0.1, -0.05) is 24.1 Å². The van der Waals surface area contributed by atoms with Crippen molar-refractivity contribution in [2.75, 3.05) is 25.4 Å². The number of hydrogen-bond acceptors (Lipinski definition) is 2. The molecule has 0 unspecified atom stereocenters. The van der Waals surface area contributed by atoms with Gasteiger partial charge in [-0.25, -0.2) is 0 Å². The predicted molar refractivity (Wildman–Crippen MR) is 69.9 cm³/mol. The largest absolute Gasteiger partial charge is 0.398 e. The zero-order valence-corrected chi connectivity index (χ0v) is 10.3. The van der Waals surface area contributed by atoms with E-state index in [0.29, 0.717) is 0 Å². The number of nitrogens with zero attached hydrogens (tertiary/aromatic N) is 1. The van der Waals surface area contributed by atoms with Gasteiger partial charge in [0.05, 0.1) is 0 Å². The molecule has 1 fully saturated rings. The number of hydrogen-bond donors (Lipinski definition) is 1. The first-order valence-corrected chi connectivity index (χ1v) is 6.40. The summed E-state index contributed by atoms with van der Waals surface area (Å²) < 4.78 is 0. The van der Waals surface area contributed by atoms with Crippen LogP contribution in [0.4, 0.5) is 5.69 Å². The van der Waals surface area contributed by atoms with Gasteiger partial charge in [0.2, 0.25) is 0 Å². The Kier molecular flexibility index (Phi) is 4.08. The van der Waals surface area contributed by atoms with Gasteiger partial charge < -0.3 is 10.6 Å². The molecule has 0 bridgehead atoms. The van der Waals surface area contributed by atoms with E-state index in [1.807, 2.05) is 18.2 Å². The van der Waals surface area contributed by atoms with Crippen molar-refractivity contribution in [3.8, 4) is 0 Å². The second-order valence-corrected chi connectivity index (χ2v) is 4.93. The molecule has 3 heteroatoms. The fourth-order valence-corrected chi connectivity index (χ4v) is 2.44. The summed E-state index contributed by atoms with van der Waals surface area (Å²) in [6.45, 7) is 3.60. The Morgan fingerprint density at radius 1 is 1.19 bits per heavy atom. The Morgan fingerprint density at radius 3 is 2.62 bits per heavy atom. The van der Waals surface area contributed by atoms with Gasteiger partial charge in [-0.2, -0.15) is 0 Å². The lowest BCUT2D eigenvalue weighted by Crippen LogP contribution is -2.31. The summed E-state index contributed by atoms with van der Waals surface area (Å²) in [7, 11) is 0. The lowest BCUT2D eigenvalue weighted by atomic mass is 10.1. The van der Waals surface area contributed by atoms with Crippen molar-refractivity contribution < 1.29 is 0 Å². The second-order valence-electron chi connectivity index (χ2n) is 4.50. The number of nitrogens with two attached hydrogens (primary N) is 1. The van der Waals surface area contributed by atoms with Gasteiger partial charge in [-0.05, 0) is 50.0 Å². The molecule has 2 rings (SSSR count). The highest BCUT2D eigenvalue weighted by atomic mass is 35.5. The molecular weight excluding hydrogens is 220 g/mol. The summed E-state index contributed by atoms with van der Waals surface area (Å²) in [4.78, 5) is 2.53. The van der Waals surface area contributed by atoms with Gasteiger partial charge in [-0.3, -0.25) is 0 Å². The molecule has 0 aliphatic carbocycles. The van der Waals surface area contributed by atoms with Gasteiger partial charge in [0.15, 0.2) is 0 Å². The third kappa shape index (κ3) is 3.13. The first-order valence-electron chi connectivity index (χ1n) is 6.02. The molecule has 0 saturated carbocycles. The molecule has 0 amide bonds. The van der Waals surface area contributed by atoms with Crippen LogP contribution in [-0.2, 0) is 6.42 Å². The zero-order valence-electron chi connectivity index (χ0n) is 9.58. The van der Waals surface area contributed by atoms with E-state index >= 15 is 0 Å². The van der Waals surface area contributed by atoms with Crippen molar-refractivity contribution in [2.24, 2.45) is 0 Å². The van der Waals surface area contributed by atoms with Crippen LogP contribution in [0.2, 0.25) is 5.02 Å². The minimum absolute atomic E-state index is 0.722. The van der Waals surface area contributed by atoms with Crippen LogP contribution in [-0.4, -0.2) is 24.5 Å². The normalized spacial score (nSPS) is 17.6.